The van der Waals surface area contributed by atoms with E-state index in [-0.39, 0.29) is 6.03 Å². The van der Waals surface area contributed by atoms with Crippen LogP contribution >= 0.6 is 0 Å². The molecule has 0 fully saturated rings. The number of urea groups is 1. The molecule has 4 nitrogen and oxygen atoms in total. The molecule has 2 amide bonds. The Labute approximate surface area is 121 Å². The van der Waals surface area contributed by atoms with Gasteiger partial charge < -0.3 is 15.5 Å². The van der Waals surface area contributed by atoms with Gasteiger partial charge in [0.15, 0.2) is 0 Å². The first-order valence-corrected chi connectivity index (χ1v) is 7.66. The van der Waals surface area contributed by atoms with E-state index in [0.717, 1.165) is 51.9 Å². The van der Waals surface area contributed by atoms with Crippen LogP contribution in [-0.2, 0) is 6.42 Å². The number of hydrogen-bond acceptors (Lipinski definition) is 2. The molecule has 0 bridgehead atoms. The Bertz CT molecular complexity index is 433. The van der Waals surface area contributed by atoms with Crippen molar-refractivity contribution in [3.05, 3.63) is 29.8 Å². The third-order valence-corrected chi connectivity index (χ3v) is 3.69. The quantitative estimate of drug-likeness (QED) is 0.751. The maximum Gasteiger partial charge on any atom is 0.314 e. The molecule has 1 aliphatic heterocycles. The van der Waals surface area contributed by atoms with E-state index >= 15 is 0 Å². The van der Waals surface area contributed by atoms with E-state index < -0.39 is 0 Å². The molecule has 1 aliphatic rings. The van der Waals surface area contributed by atoms with Crippen molar-refractivity contribution in [3.8, 4) is 0 Å². The van der Waals surface area contributed by atoms with Crippen LogP contribution in [-0.4, -0.2) is 32.2 Å². The number of hydrogen-bond donors (Lipinski definition) is 2. The molecule has 1 aromatic rings. The summed E-state index contributed by atoms with van der Waals surface area (Å²) in [6.45, 7) is 5.72. The van der Waals surface area contributed by atoms with E-state index in [1.54, 1.807) is 0 Å². The largest absolute Gasteiger partial charge is 0.371 e. The Morgan fingerprint density at radius 3 is 2.75 bits per heavy atom. The minimum atomic E-state index is -0.0414. The summed E-state index contributed by atoms with van der Waals surface area (Å²) in [6.07, 6.45) is 4.27. The summed E-state index contributed by atoms with van der Waals surface area (Å²) in [4.78, 5) is 13.9. The Kier molecular flexibility index (Phi) is 5.71. The number of unbranched alkanes of at least 4 members (excludes halogenated alkanes) is 1. The Morgan fingerprint density at radius 1 is 1.20 bits per heavy atom. The molecule has 20 heavy (non-hydrogen) atoms. The minimum absolute atomic E-state index is 0.0414. The lowest BCUT2D eigenvalue weighted by Gasteiger charge is -2.19. The van der Waals surface area contributed by atoms with Gasteiger partial charge in [0.25, 0.3) is 0 Å². The molecule has 2 N–H and O–H groups in total. The van der Waals surface area contributed by atoms with Gasteiger partial charge in [-0.2, -0.15) is 0 Å². The number of anilines is 1. The normalized spacial score (nSPS) is 13.2. The average Bonchev–Trinajstić information content (AvgIpc) is 2.87. The molecule has 4 heteroatoms. The van der Waals surface area contributed by atoms with Crippen LogP contribution in [0.25, 0.3) is 0 Å². The number of nitrogens with zero attached hydrogens (tertiary/aromatic N) is 1. The van der Waals surface area contributed by atoms with Gasteiger partial charge in [-0.15, -0.1) is 0 Å². The van der Waals surface area contributed by atoms with Crippen LogP contribution in [0.4, 0.5) is 10.5 Å². The van der Waals surface area contributed by atoms with Crippen LogP contribution in [0.3, 0.4) is 0 Å². The minimum Gasteiger partial charge on any atom is -0.371 e. The fraction of sp³-hybridized carbons (Fsp3) is 0.562. The lowest BCUT2D eigenvalue weighted by atomic mass is 10.2. The molecule has 0 atom stereocenters. The molecule has 110 valence electrons. The molecule has 0 aromatic heterocycles. The lowest BCUT2D eigenvalue weighted by molar-refractivity contribution is 0.240. The van der Waals surface area contributed by atoms with Crippen LogP contribution in [0.1, 0.15) is 31.7 Å². The Hall–Kier alpha value is -1.71. The first-order chi connectivity index (χ1) is 9.81. The predicted octanol–water partition coefficient (Wildman–Crippen LogP) is 2.54. The van der Waals surface area contributed by atoms with Crippen molar-refractivity contribution >= 4 is 11.7 Å². The molecule has 2 rings (SSSR count). The third kappa shape index (κ3) is 4.15. The summed E-state index contributed by atoms with van der Waals surface area (Å²) in [5.74, 6) is 0. The van der Waals surface area contributed by atoms with E-state index in [1.165, 1.54) is 11.3 Å². The monoisotopic (exact) mass is 275 g/mol. The van der Waals surface area contributed by atoms with Crippen molar-refractivity contribution in [2.75, 3.05) is 31.1 Å². The maximum absolute atomic E-state index is 11.5. The number of amides is 2. The van der Waals surface area contributed by atoms with Crippen molar-refractivity contribution in [2.24, 2.45) is 0 Å². The lowest BCUT2D eigenvalue weighted by Crippen LogP contribution is -2.37. The number of fused-ring (bicyclic) bond motifs is 1. The molecule has 0 saturated carbocycles. The van der Waals surface area contributed by atoms with Gasteiger partial charge in [-0.25, -0.2) is 4.79 Å². The topological polar surface area (TPSA) is 44.4 Å². The molecule has 0 saturated heterocycles. The number of carbonyl (C=O) groups is 1. The highest BCUT2D eigenvalue weighted by atomic mass is 16.2. The van der Waals surface area contributed by atoms with E-state index in [4.69, 9.17) is 0 Å². The second-order valence-corrected chi connectivity index (χ2v) is 5.26. The number of nitrogens with one attached hydrogen (secondary N) is 2. The van der Waals surface area contributed by atoms with Gasteiger partial charge in [0.1, 0.15) is 0 Å². The van der Waals surface area contributed by atoms with Crippen LogP contribution < -0.4 is 15.5 Å². The van der Waals surface area contributed by atoms with Crippen LogP contribution in [0.15, 0.2) is 24.3 Å². The van der Waals surface area contributed by atoms with E-state index in [0.29, 0.717) is 0 Å². The van der Waals surface area contributed by atoms with Crippen molar-refractivity contribution in [1.82, 2.24) is 10.6 Å². The van der Waals surface area contributed by atoms with Gasteiger partial charge in [-0.1, -0.05) is 31.5 Å². The summed E-state index contributed by atoms with van der Waals surface area (Å²) >= 11 is 0. The fourth-order valence-electron chi connectivity index (χ4n) is 2.55. The summed E-state index contributed by atoms with van der Waals surface area (Å²) in [5.41, 5.74) is 2.80. The number of carbonyl (C=O) groups excluding carboxylic acids is 1. The van der Waals surface area contributed by atoms with Gasteiger partial charge >= 0.3 is 6.03 Å². The van der Waals surface area contributed by atoms with Crippen LogP contribution in [0.5, 0.6) is 0 Å². The van der Waals surface area contributed by atoms with Gasteiger partial charge in [0.2, 0.25) is 0 Å². The zero-order valence-corrected chi connectivity index (χ0v) is 12.3. The summed E-state index contributed by atoms with van der Waals surface area (Å²) in [5, 5.41) is 5.78. The van der Waals surface area contributed by atoms with E-state index in [1.807, 2.05) is 0 Å². The summed E-state index contributed by atoms with van der Waals surface area (Å²) in [6, 6.07) is 8.54. The molecule has 0 radical (unpaired) electrons. The second-order valence-electron chi connectivity index (χ2n) is 5.26. The maximum atomic E-state index is 11.5. The van der Waals surface area contributed by atoms with Crippen LogP contribution in [0, 0.1) is 0 Å². The Balaban J connectivity index is 1.61. The fourth-order valence-corrected chi connectivity index (χ4v) is 2.55. The third-order valence-electron chi connectivity index (χ3n) is 3.69. The number of benzene rings is 1. The second kappa shape index (κ2) is 7.78. The first-order valence-electron chi connectivity index (χ1n) is 7.66. The van der Waals surface area contributed by atoms with Crippen molar-refractivity contribution in [2.45, 2.75) is 32.6 Å². The van der Waals surface area contributed by atoms with Gasteiger partial charge in [-0.3, -0.25) is 0 Å². The molecule has 1 heterocycles. The number of para-hydroxylation sites is 1. The smallest absolute Gasteiger partial charge is 0.314 e. The molecule has 0 spiro atoms. The molecule has 1 aromatic carbocycles. The predicted molar refractivity (Wildman–Crippen MR) is 83.3 cm³/mol. The van der Waals surface area contributed by atoms with Crippen molar-refractivity contribution < 1.29 is 4.79 Å². The number of rotatable bonds is 7. The van der Waals surface area contributed by atoms with E-state index in [9.17, 15) is 4.79 Å². The average molecular weight is 275 g/mol. The SMILES string of the molecule is CCCCNC(=O)NCCCN1CCc2ccccc21. The van der Waals surface area contributed by atoms with Gasteiger partial charge in [0.05, 0.1) is 0 Å². The highest BCUT2D eigenvalue weighted by Gasteiger charge is 2.17. The summed E-state index contributed by atoms with van der Waals surface area (Å²) < 4.78 is 0. The zero-order valence-electron chi connectivity index (χ0n) is 12.3. The molecule has 0 unspecified atom stereocenters. The molecule has 0 aliphatic carbocycles. The molecular weight excluding hydrogens is 250 g/mol. The highest BCUT2D eigenvalue weighted by Crippen LogP contribution is 2.27. The van der Waals surface area contributed by atoms with Crippen molar-refractivity contribution in [1.29, 1.82) is 0 Å². The van der Waals surface area contributed by atoms with Gasteiger partial charge in [-0.05, 0) is 30.9 Å². The van der Waals surface area contributed by atoms with E-state index in [2.05, 4.69) is 46.7 Å². The van der Waals surface area contributed by atoms with Crippen LogP contribution in [0.2, 0.25) is 0 Å². The zero-order chi connectivity index (χ0) is 14.2. The standard InChI is InChI=1S/C16H25N3O/c1-2-3-10-17-16(20)18-11-6-12-19-13-9-14-7-4-5-8-15(14)19/h4-5,7-8H,2-3,6,9-13H2,1H3,(H2,17,18,20). The summed E-state index contributed by atoms with van der Waals surface area (Å²) in [7, 11) is 0. The molecular formula is C16H25N3O. The van der Waals surface area contributed by atoms with Gasteiger partial charge in [0, 0.05) is 31.9 Å². The highest BCUT2D eigenvalue weighted by molar-refractivity contribution is 5.73. The Morgan fingerprint density at radius 2 is 1.95 bits per heavy atom. The van der Waals surface area contributed by atoms with Crippen molar-refractivity contribution in [3.63, 3.8) is 0 Å². The first kappa shape index (κ1) is 14.7.